The lowest BCUT2D eigenvalue weighted by molar-refractivity contribution is 0.222. The van der Waals surface area contributed by atoms with Gasteiger partial charge in [0.15, 0.2) is 5.01 Å². The van der Waals surface area contributed by atoms with E-state index in [9.17, 15) is 5.11 Å². The number of anilines is 2. The summed E-state index contributed by atoms with van der Waals surface area (Å²) in [6.45, 7) is 1.99. The van der Waals surface area contributed by atoms with Crippen molar-refractivity contribution in [1.82, 2.24) is 10.2 Å². The first kappa shape index (κ1) is 13.2. The molecule has 0 fully saturated rings. The predicted octanol–water partition coefficient (Wildman–Crippen LogP) is 3.73. The van der Waals surface area contributed by atoms with Crippen LogP contribution in [0, 0.1) is 6.92 Å². The molecule has 2 N–H and O–H groups in total. The second kappa shape index (κ2) is 5.70. The van der Waals surface area contributed by atoms with Gasteiger partial charge in [-0.2, -0.15) is 0 Å². The number of aliphatic hydroxyl groups excluding tert-OH is 1. The van der Waals surface area contributed by atoms with Crippen LogP contribution < -0.4 is 5.32 Å². The molecule has 20 heavy (non-hydrogen) atoms. The van der Waals surface area contributed by atoms with Gasteiger partial charge in [-0.1, -0.05) is 29.5 Å². The average molecular weight is 303 g/mol. The fourth-order valence-corrected chi connectivity index (χ4v) is 3.56. The minimum absolute atomic E-state index is 0.606. The second-order valence-corrected chi connectivity index (χ2v) is 6.26. The Kier molecular flexibility index (Phi) is 3.77. The zero-order valence-electron chi connectivity index (χ0n) is 10.8. The third-order valence-corrected chi connectivity index (χ3v) is 4.81. The van der Waals surface area contributed by atoms with E-state index >= 15 is 0 Å². The molecule has 0 aliphatic carbocycles. The maximum absolute atomic E-state index is 10.3. The number of nitrogens with zero attached hydrogens (tertiary/aromatic N) is 2. The van der Waals surface area contributed by atoms with Crippen molar-refractivity contribution in [3.8, 4) is 0 Å². The molecule has 1 unspecified atom stereocenters. The smallest absolute Gasteiger partial charge is 0.210 e. The molecule has 0 saturated carbocycles. The van der Waals surface area contributed by atoms with E-state index in [0.717, 1.165) is 16.1 Å². The SMILES string of the molecule is Cc1ccsc1C(O)c1nnc(Nc2ccccc2)s1. The summed E-state index contributed by atoms with van der Waals surface area (Å²) in [6, 6.07) is 11.8. The highest BCUT2D eigenvalue weighted by atomic mass is 32.1. The standard InChI is InChI=1S/C14H13N3OS2/c1-9-7-8-19-12(9)11(18)13-16-17-14(20-13)15-10-5-3-2-4-6-10/h2-8,11,18H,1H3,(H,15,17). The molecule has 3 rings (SSSR count). The molecule has 0 bridgehead atoms. The minimum atomic E-state index is -0.696. The average Bonchev–Trinajstić information content (AvgIpc) is 3.08. The van der Waals surface area contributed by atoms with E-state index in [2.05, 4.69) is 15.5 Å². The summed E-state index contributed by atoms with van der Waals surface area (Å²) < 4.78 is 0. The first-order valence-corrected chi connectivity index (χ1v) is 7.81. The van der Waals surface area contributed by atoms with Crippen molar-refractivity contribution in [3.05, 3.63) is 57.2 Å². The molecule has 1 atom stereocenters. The third kappa shape index (κ3) is 2.72. The molecule has 1 aromatic carbocycles. The molecule has 0 spiro atoms. The molecule has 2 heterocycles. The van der Waals surface area contributed by atoms with Crippen LogP contribution in [0.3, 0.4) is 0 Å². The van der Waals surface area contributed by atoms with Crippen molar-refractivity contribution in [1.29, 1.82) is 0 Å². The highest BCUT2D eigenvalue weighted by molar-refractivity contribution is 7.15. The van der Waals surface area contributed by atoms with E-state index in [1.807, 2.05) is 48.7 Å². The van der Waals surface area contributed by atoms with Crippen LogP contribution in [0.4, 0.5) is 10.8 Å². The number of aliphatic hydroxyl groups is 1. The number of nitrogens with one attached hydrogen (secondary N) is 1. The largest absolute Gasteiger partial charge is 0.380 e. The number of hydrogen-bond acceptors (Lipinski definition) is 6. The highest BCUT2D eigenvalue weighted by Gasteiger charge is 2.19. The van der Waals surface area contributed by atoms with Crippen LogP contribution in [0.1, 0.15) is 21.6 Å². The summed E-state index contributed by atoms with van der Waals surface area (Å²) in [5, 5.41) is 24.9. The van der Waals surface area contributed by atoms with Crippen molar-refractivity contribution >= 4 is 33.5 Å². The highest BCUT2D eigenvalue weighted by Crippen LogP contribution is 2.32. The molecule has 2 aromatic heterocycles. The number of benzene rings is 1. The Balaban J connectivity index is 1.79. The fraction of sp³-hybridized carbons (Fsp3) is 0.143. The molecule has 0 aliphatic heterocycles. The van der Waals surface area contributed by atoms with Gasteiger partial charge in [0.1, 0.15) is 6.10 Å². The zero-order valence-corrected chi connectivity index (χ0v) is 12.4. The van der Waals surface area contributed by atoms with Gasteiger partial charge in [-0.3, -0.25) is 0 Å². The quantitative estimate of drug-likeness (QED) is 0.771. The maximum Gasteiger partial charge on any atom is 0.210 e. The number of rotatable bonds is 4. The van der Waals surface area contributed by atoms with E-state index in [0.29, 0.717) is 10.1 Å². The van der Waals surface area contributed by atoms with Gasteiger partial charge < -0.3 is 10.4 Å². The van der Waals surface area contributed by atoms with E-state index < -0.39 is 6.10 Å². The van der Waals surface area contributed by atoms with E-state index in [4.69, 9.17) is 0 Å². The second-order valence-electron chi connectivity index (χ2n) is 4.31. The number of thiophene rings is 1. The summed E-state index contributed by atoms with van der Waals surface area (Å²) in [4.78, 5) is 0.924. The third-order valence-electron chi connectivity index (χ3n) is 2.85. The minimum Gasteiger partial charge on any atom is -0.380 e. The Morgan fingerprint density at radius 2 is 1.95 bits per heavy atom. The van der Waals surface area contributed by atoms with Crippen molar-refractivity contribution in [2.24, 2.45) is 0 Å². The van der Waals surface area contributed by atoms with E-state index in [1.165, 1.54) is 22.7 Å². The Morgan fingerprint density at radius 3 is 2.65 bits per heavy atom. The Labute approximate surface area is 124 Å². The molecule has 0 saturated heterocycles. The van der Waals surface area contributed by atoms with Gasteiger partial charge in [-0.05, 0) is 36.1 Å². The number of hydrogen-bond donors (Lipinski definition) is 2. The topological polar surface area (TPSA) is 58.0 Å². The summed E-state index contributed by atoms with van der Waals surface area (Å²) in [6.07, 6.45) is -0.696. The van der Waals surface area contributed by atoms with Crippen LogP contribution in [0.5, 0.6) is 0 Å². The first-order valence-electron chi connectivity index (χ1n) is 6.11. The molecule has 102 valence electrons. The summed E-state index contributed by atoms with van der Waals surface area (Å²) in [5.74, 6) is 0. The Hall–Kier alpha value is -1.76. The van der Waals surface area contributed by atoms with Crippen LogP contribution in [0.15, 0.2) is 41.8 Å². The number of aromatic nitrogens is 2. The number of aryl methyl sites for hydroxylation is 1. The lowest BCUT2D eigenvalue weighted by Gasteiger charge is -2.05. The van der Waals surface area contributed by atoms with E-state index in [1.54, 1.807) is 0 Å². The molecular formula is C14H13N3OS2. The summed E-state index contributed by atoms with van der Waals surface area (Å²) >= 11 is 2.90. The molecule has 0 radical (unpaired) electrons. The van der Waals surface area contributed by atoms with Gasteiger partial charge in [0.05, 0.1) is 0 Å². The first-order chi connectivity index (χ1) is 9.74. The molecule has 6 heteroatoms. The molecular weight excluding hydrogens is 290 g/mol. The van der Waals surface area contributed by atoms with Gasteiger partial charge in [-0.15, -0.1) is 21.5 Å². The maximum atomic E-state index is 10.3. The van der Waals surface area contributed by atoms with Gasteiger partial charge in [0, 0.05) is 10.6 Å². The Morgan fingerprint density at radius 1 is 1.15 bits per heavy atom. The van der Waals surface area contributed by atoms with Crippen LogP contribution in [-0.2, 0) is 0 Å². The molecule has 4 nitrogen and oxygen atoms in total. The summed E-state index contributed by atoms with van der Waals surface area (Å²) in [5.41, 5.74) is 2.03. The zero-order chi connectivity index (χ0) is 13.9. The molecule has 0 aliphatic rings. The normalized spacial score (nSPS) is 12.3. The summed E-state index contributed by atoms with van der Waals surface area (Å²) in [7, 11) is 0. The van der Waals surface area contributed by atoms with Crippen molar-refractivity contribution in [3.63, 3.8) is 0 Å². The fourth-order valence-electron chi connectivity index (χ4n) is 1.82. The van der Waals surface area contributed by atoms with E-state index in [-0.39, 0.29) is 0 Å². The number of para-hydroxylation sites is 1. The van der Waals surface area contributed by atoms with Crippen LogP contribution in [0.25, 0.3) is 0 Å². The van der Waals surface area contributed by atoms with Crippen LogP contribution in [-0.4, -0.2) is 15.3 Å². The van der Waals surface area contributed by atoms with Crippen LogP contribution in [0.2, 0.25) is 0 Å². The lowest BCUT2D eigenvalue weighted by Crippen LogP contribution is -1.97. The van der Waals surface area contributed by atoms with Gasteiger partial charge in [-0.25, -0.2) is 0 Å². The predicted molar refractivity (Wildman–Crippen MR) is 82.8 cm³/mol. The van der Waals surface area contributed by atoms with Gasteiger partial charge in [0.25, 0.3) is 0 Å². The van der Waals surface area contributed by atoms with Gasteiger partial charge >= 0.3 is 0 Å². The van der Waals surface area contributed by atoms with Crippen molar-refractivity contribution in [2.45, 2.75) is 13.0 Å². The van der Waals surface area contributed by atoms with Crippen LogP contribution >= 0.6 is 22.7 Å². The lowest BCUT2D eigenvalue weighted by atomic mass is 10.2. The monoisotopic (exact) mass is 303 g/mol. The van der Waals surface area contributed by atoms with Crippen molar-refractivity contribution in [2.75, 3.05) is 5.32 Å². The molecule has 0 amide bonds. The van der Waals surface area contributed by atoms with Gasteiger partial charge in [0.2, 0.25) is 5.13 Å². The van der Waals surface area contributed by atoms with Crippen molar-refractivity contribution < 1.29 is 5.11 Å². The Bertz CT molecular complexity index is 693. The molecule has 3 aromatic rings.